The molecule has 0 heterocycles. The van der Waals surface area contributed by atoms with Gasteiger partial charge in [0.15, 0.2) is 0 Å². The molecule has 0 spiro atoms. The van der Waals surface area contributed by atoms with Crippen LogP contribution in [0.2, 0.25) is 0 Å². The molecule has 0 fully saturated rings. The molecule has 2 aromatic rings. The number of hydrogen-bond donors (Lipinski definition) is 1. The highest BCUT2D eigenvalue weighted by Crippen LogP contribution is 2.32. The van der Waals surface area contributed by atoms with Crippen LogP contribution in [0.5, 0.6) is 0 Å². The van der Waals surface area contributed by atoms with E-state index in [2.05, 4.69) is 21.2 Å². The predicted molar refractivity (Wildman–Crippen MR) is 76.0 cm³/mol. The maximum Gasteiger partial charge on any atom is 0.131 e. The maximum absolute atomic E-state index is 14.1. The van der Waals surface area contributed by atoms with Gasteiger partial charge in [-0.1, -0.05) is 35.0 Å². The predicted octanol–water partition coefficient (Wildman–Crippen LogP) is 4.57. The Hall–Kier alpha value is -1.33. The molecule has 2 aromatic carbocycles. The molecule has 0 amide bonds. The molecule has 0 radical (unpaired) electrons. The van der Waals surface area contributed by atoms with Crippen molar-refractivity contribution in [1.82, 2.24) is 5.32 Å². The van der Waals surface area contributed by atoms with Crippen molar-refractivity contribution in [3.63, 3.8) is 0 Å². The average molecular weight is 344 g/mol. The SMILES string of the molecule is CCNC(c1ccc(F)cc1F)c1c(F)cccc1Br. The van der Waals surface area contributed by atoms with Gasteiger partial charge in [-0.3, -0.25) is 0 Å². The Kier molecular flexibility index (Phi) is 4.83. The Morgan fingerprint density at radius 2 is 1.85 bits per heavy atom. The molecule has 1 atom stereocenters. The van der Waals surface area contributed by atoms with Crippen LogP contribution in [0.1, 0.15) is 24.1 Å². The van der Waals surface area contributed by atoms with Gasteiger partial charge >= 0.3 is 0 Å². The van der Waals surface area contributed by atoms with E-state index in [4.69, 9.17) is 0 Å². The van der Waals surface area contributed by atoms with Gasteiger partial charge in [-0.2, -0.15) is 0 Å². The van der Waals surface area contributed by atoms with E-state index in [0.29, 0.717) is 16.6 Å². The van der Waals surface area contributed by atoms with Crippen molar-refractivity contribution in [3.8, 4) is 0 Å². The van der Waals surface area contributed by atoms with Crippen molar-refractivity contribution in [1.29, 1.82) is 0 Å². The molecule has 1 nitrogen and oxygen atoms in total. The fourth-order valence-electron chi connectivity index (χ4n) is 2.09. The molecule has 0 bridgehead atoms. The zero-order chi connectivity index (χ0) is 14.7. The quantitative estimate of drug-likeness (QED) is 0.857. The van der Waals surface area contributed by atoms with Crippen LogP contribution in [-0.4, -0.2) is 6.54 Å². The van der Waals surface area contributed by atoms with Crippen LogP contribution in [0.25, 0.3) is 0 Å². The number of rotatable bonds is 4. The monoisotopic (exact) mass is 343 g/mol. The average Bonchev–Trinajstić information content (AvgIpc) is 2.38. The first-order valence-corrected chi connectivity index (χ1v) is 6.96. The lowest BCUT2D eigenvalue weighted by molar-refractivity contribution is 0.520. The van der Waals surface area contributed by atoms with Crippen molar-refractivity contribution >= 4 is 15.9 Å². The van der Waals surface area contributed by atoms with E-state index < -0.39 is 23.5 Å². The molecule has 0 aliphatic rings. The summed E-state index contributed by atoms with van der Waals surface area (Å²) in [5.74, 6) is -1.81. The van der Waals surface area contributed by atoms with Crippen molar-refractivity contribution in [2.45, 2.75) is 13.0 Å². The van der Waals surface area contributed by atoms with Crippen LogP contribution in [0.3, 0.4) is 0 Å². The van der Waals surface area contributed by atoms with E-state index in [1.807, 2.05) is 6.92 Å². The Morgan fingerprint density at radius 1 is 1.10 bits per heavy atom. The van der Waals surface area contributed by atoms with Gasteiger partial charge in [0.05, 0.1) is 6.04 Å². The normalized spacial score (nSPS) is 12.4. The first kappa shape index (κ1) is 15.1. The summed E-state index contributed by atoms with van der Waals surface area (Å²) >= 11 is 3.28. The first-order chi connectivity index (χ1) is 9.54. The number of halogens is 4. The summed E-state index contributed by atoms with van der Waals surface area (Å²) in [6, 6.07) is 7.17. The van der Waals surface area contributed by atoms with Crippen molar-refractivity contribution in [2.24, 2.45) is 0 Å². The van der Waals surface area contributed by atoms with E-state index in [1.54, 1.807) is 12.1 Å². The molecular formula is C15H13BrF3N. The standard InChI is InChI=1S/C15H13BrF3N/c1-2-20-15(10-7-6-9(17)8-13(10)19)14-11(16)4-3-5-12(14)18/h3-8,15,20H,2H2,1H3. The minimum absolute atomic E-state index is 0.207. The lowest BCUT2D eigenvalue weighted by atomic mass is 9.97. The van der Waals surface area contributed by atoms with E-state index >= 15 is 0 Å². The summed E-state index contributed by atoms with van der Waals surface area (Å²) in [6.45, 7) is 2.35. The lowest BCUT2D eigenvalue weighted by Crippen LogP contribution is -2.24. The third-order valence-corrected chi connectivity index (χ3v) is 3.66. The van der Waals surface area contributed by atoms with Gasteiger partial charge < -0.3 is 5.32 Å². The van der Waals surface area contributed by atoms with Gasteiger partial charge in [0, 0.05) is 21.7 Å². The topological polar surface area (TPSA) is 12.0 Å². The Morgan fingerprint density at radius 3 is 2.45 bits per heavy atom. The number of benzene rings is 2. The molecule has 0 aliphatic carbocycles. The van der Waals surface area contributed by atoms with E-state index in [0.717, 1.165) is 12.1 Å². The highest BCUT2D eigenvalue weighted by atomic mass is 79.9. The zero-order valence-corrected chi connectivity index (χ0v) is 12.3. The molecule has 0 saturated heterocycles. The third kappa shape index (κ3) is 3.04. The van der Waals surface area contributed by atoms with Gasteiger partial charge in [-0.25, -0.2) is 13.2 Å². The molecular weight excluding hydrogens is 331 g/mol. The van der Waals surface area contributed by atoms with E-state index in [9.17, 15) is 13.2 Å². The highest BCUT2D eigenvalue weighted by molar-refractivity contribution is 9.10. The molecule has 106 valence electrons. The second-order valence-electron chi connectivity index (χ2n) is 4.29. The summed E-state index contributed by atoms with van der Waals surface area (Å²) in [5, 5.41) is 3.02. The van der Waals surface area contributed by atoms with Crippen molar-refractivity contribution in [3.05, 3.63) is 69.4 Å². The van der Waals surface area contributed by atoms with Gasteiger partial charge in [0.25, 0.3) is 0 Å². The Balaban J connectivity index is 2.56. The summed E-state index contributed by atoms with van der Waals surface area (Å²) < 4.78 is 41.6. The second-order valence-corrected chi connectivity index (χ2v) is 5.15. The van der Waals surface area contributed by atoms with Gasteiger partial charge in [0.2, 0.25) is 0 Å². The van der Waals surface area contributed by atoms with E-state index in [-0.39, 0.29) is 5.56 Å². The molecule has 2 rings (SSSR count). The first-order valence-electron chi connectivity index (χ1n) is 6.16. The van der Waals surface area contributed by atoms with Crippen LogP contribution in [0.4, 0.5) is 13.2 Å². The Labute approximate surface area is 123 Å². The summed E-state index contributed by atoms with van der Waals surface area (Å²) in [6.07, 6.45) is 0. The molecule has 1 unspecified atom stereocenters. The molecule has 5 heteroatoms. The van der Waals surface area contributed by atoms with Crippen LogP contribution < -0.4 is 5.32 Å². The smallest absolute Gasteiger partial charge is 0.131 e. The van der Waals surface area contributed by atoms with Gasteiger partial charge in [0.1, 0.15) is 17.5 Å². The number of nitrogens with one attached hydrogen (secondary N) is 1. The van der Waals surface area contributed by atoms with Crippen LogP contribution in [-0.2, 0) is 0 Å². The van der Waals surface area contributed by atoms with Gasteiger partial charge in [-0.05, 0) is 24.7 Å². The summed E-state index contributed by atoms with van der Waals surface area (Å²) in [5.41, 5.74) is 0.513. The molecule has 0 aliphatic heterocycles. The van der Waals surface area contributed by atoms with Crippen LogP contribution in [0, 0.1) is 17.5 Å². The summed E-state index contributed by atoms with van der Waals surface area (Å²) in [7, 11) is 0. The van der Waals surface area contributed by atoms with Crippen molar-refractivity contribution in [2.75, 3.05) is 6.54 Å². The maximum atomic E-state index is 14.1. The Bertz CT molecular complexity index is 596. The fraction of sp³-hybridized carbons (Fsp3) is 0.200. The summed E-state index contributed by atoms with van der Waals surface area (Å²) in [4.78, 5) is 0. The molecule has 1 N–H and O–H groups in total. The fourth-order valence-corrected chi connectivity index (χ4v) is 2.66. The minimum atomic E-state index is -0.703. The lowest BCUT2D eigenvalue weighted by Gasteiger charge is -2.21. The largest absolute Gasteiger partial charge is 0.306 e. The van der Waals surface area contributed by atoms with Gasteiger partial charge in [-0.15, -0.1) is 0 Å². The molecule has 0 aromatic heterocycles. The zero-order valence-electron chi connectivity index (χ0n) is 10.8. The highest BCUT2D eigenvalue weighted by Gasteiger charge is 2.22. The molecule has 20 heavy (non-hydrogen) atoms. The van der Waals surface area contributed by atoms with Crippen LogP contribution >= 0.6 is 15.9 Å². The number of hydrogen-bond acceptors (Lipinski definition) is 1. The van der Waals surface area contributed by atoms with Crippen molar-refractivity contribution < 1.29 is 13.2 Å². The van der Waals surface area contributed by atoms with E-state index in [1.165, 1.54) is 12.1 Å². The third-order valence-electron chi connectivity index (χ3n) is 2.97. The second kappa shape index (κ2) is 6.41. The van der Waals surface area contributed by atoms with Crippen LogP contribution in [0.15, 0.2) is 40.9 Å². The molecule has 0 saturated carbocycles. The minimum Gasteiger partial charge on any atom is -0.306 e.